The molecular weight excluding hydrogens is 260 g/mol. The Labute approximate surface area is 128 Å². The topological polar surface area (TPSA) is 55.1 Å². The van der Waals surface area contributed by atoms with Crippen LogP contribution in [0.2, 0.25) is 0 Å². The van der Waals surface area contributed by atoms with E-state index in [4.69, 9.17) is 5.73 Å². The zero-order valence-electron chi connectivity index (χ0n) is 13.2. The number of hydrogen-bond donors (Lipinski definition) is 2. The Morgan fingerprint density at radius 3 is 2.43 bits per heavy atom. The number of nitrogens with one attached hydrogen (secondary N) is 1. The molecule has 3 nitrogen and oxygen atoms in total. The lowest BCUT2D eigenvalue weighted by molar-refractivity contribution is -0.122. The molecular formula is C18H28N2O. The number of aryl methyl sites for hydroxylation is 1. The lowest BCUT2D eigenvalue weighted by Gasteiger charge is -2.31. The Balaban J connectivity index is 1.89. The van der Waals surface area contributed by atoms with Gasteiger partial charge in [0.1, 0.15) is 0 Å². The predicted octanol–water partition coefficient (Wildman–Crippen LogP) is 4.02. The fraction of sp³-hybridized carbons (Fsp3) is 0.611. The molecule has 0 spiro atoms. The van der Waals surface area contributed by atoms with Gasteiger partial charge in [-0.1, -0.05) is 51.2 Å². The standard InChI is InChI=1S/C18H28N2O/c1-2-3-5-8-15-9-11-16(12-10-15)20-17(21)18(19)13-6-4-7-14-18/h9-12H,2-8,13-14,19H2,1H3,(H,20,21). The smallest absolute Gasteiger partial charge is 0.244 e. The van der Waals surface area contributed by atoms with Gasteiger partial charge in [-0.15, -0.1) is 0 Å². The van der Waals surface area contributed by atoms with Gasteiger partial charge in [0.05, 0.1) is 5.54 Å². The van der Waals surface area contributed by atoms with Crippen LogP contribution in [0.15, 0.2) is 24.3 Å². The number of carbonyl (C=O) groups is 1. The summed E-state index contributed by atoms with van der Waals surface area (Å²) in [5.41, 5.74) is 7.77. The number of hydrogen-bond acceptors (Lipinski definition) is 2. The van der Waals surface area contributed by atoms with Crippen LogP contribution in [0.25, 0.3) is 0 Å². The molecule has 0 radical (unpaired) electrons. The van der Waals surface area contributed by atoms with Crippen LogP contribution in [0.1, 0.15) is 63.9 Å². The first kappa shape index (κ1) is 16.0. The van der Waals surface area contributed by atoms with Crippen molar-refractivity contribution in [2.75, 3.05) is 5.32 Å². The molecule has 3 N–H and O–H groups in total. The van der Waals surface area contributed by atoms with Crippen molar-refractivity contribution in [3.8, 4) is 0 Å². The summed E-state index contributed by atoms with van der Waals surface area (Å²) in [6.07, 6.45) is 9.76. The summed E-state index contributed by atoms with van der Waals surface area (Å²) >= 11 is 0. The molecule has 0 atom stereocenters. The summed E-state index contributed by atoms with van der Waals surface area (Å²) in [5.74, 6) is -0.0269. The molecule has 1 aliphatic carbocycles. The Morgan fingerprint density at radius 2 is 1.81 bits per heavy atom. The second-order valence-corrected chi connectivity index (χ2v) is 6.32. The molecule has 0 unspecified atom stereocenters. The highest BCUT2D eigenvalue weighted by Crippen LogP contribution is 2.27. The van der Waals surface area contributed by atoms with Gasteiger partial charge in [-0.05, 0) is 43.4 Å². The zero-order valence-corrected chi connectivity index (χ0v) is 13.2. The van der Waals surface area contributed by atoms with Crippen LogP contribution in [0.4, 0.5) is 5.69 Å². The Hall–Kier alpha value is -1.35. The Kier molecular flexibility index (Phi) is 5.80. The minimum absolute atomic E-state index is 0.0269. The van der Waals surface area contributed by atoms with Gasteiger partial charge in [0.15, 0.2) is 0 Å². The number of carbonyl (C=O) groups excluding carboxylic acids is 1. The van der Waals surface area contributed by atoms with Gasteiger partial charge in [0, 0.05) is 5.69 Å². The van der Waals surface area contributed by atoms with E-state index in [0.29, 0.717) is 0 Å². The molecule has 0 heterocycles. The highest BCUT2D eigenvalue weighted by atomic mass is 16.2. The van der Waals surface area contributed by atoms with Gasteiger partial charge in [-0.2, -0.15) is 0 Å². The van der Waals surface area contributed by atoms with Crippen molar-refractivity contribution in [3.05, 3.63) is 29.8 Å². The minimum Gasteiger partial charge on any atom is -0.324 e. The monoisotopic (exact) mass is 288 g/mol. The first-order valence-corrected chi connectivity index (χ1v) is 8.33. The molecule has 21 heavy (non-hydrogen) atoms. The highest BCUT2D eigenvalue weighted by molar-refractivity contribution is 5.98. The van der Waals surface area contributed by atoms with Crippen molar-refractivity contribution < 1.29 is 4.79 Å². The maximum Gasteiger partial charge on any atom is 0.244 e. The molecule has 1 saturated carbocycles. The molecule has 1 aromatic rings. The van der Waals surface area contributed by atoms with Crippen LogP contribution in [0.3, 0.4) is 0 Å². The number of amides is 1. The Morgan fingerprint density at radius 1 is 1.14 bits per heavy atom. The van der Waals surface area contributed by atoms with Crippen molar-refractivity contribution in [2.45, 2.75) is 70.3 Å². The van der Waals surface area contributed by atoms with E-state index >= 15 is 0 Å². The van der Waals surface area contributed by atoms with Crippen molar-refractivity contribution in [1.82, 2.24) is 0 Å². The average Bonchev–Trinajstić information content (AvgIpc) is 2.50. The molecule has 3 heteroatoms. The van der Waals surface area contributed by atoms with Gasteiger partial charge < -0.3 is 11.1 Å². The van der Waals surface area contributed by atoms with Gasteiger partial charge in [0.2, 0.25) is 5.91 Å². The lowest BCUT2D eigenvalue weighted by atomic mass is 9.82. The van der Waals surface area contributed by atoms with E-state index in [1.807, 2.05) is 12.1 Å². The molecule has 0 aliphatic heterocycles. The van der Waals surface area contributed by atoms with E-state index in [-0.39, 0.29) is 5.91 Å². The third-order valence-electron chi connectivity index (χ3n) is 4.48. The quantitative estimate of drug-likeness (QED) is 0.777. The average molecular weight is 288 g/mol. The van der Waals surface area contributed by atoms with Crippen LogP contribution in [0.5, 0.6) is 0 Å². The first-order valence-electron chi connectivity index (χ1n) is 8.33. The van der Waals surface area contributed by atoms with E-state index in [0.717, 1.165) is 37.8 Å². The molecule has 2 rings (SSSR count). The summed E-state index contributed by atoms with van der Waals surface area (Å²) < 4.78 is 0. The maximum atomic E-state index is 12.3. The number of anilines is 1. The molecule has 1 fully saturated rings. The van der Waals surface area contributed by atoms with Gasteiger partial charge in [0.25, 0.3) is 0 Å². The third kappa shape index (κ3) is 4.57. The van der Waals surface area contributed by atoms with Gasteiger partial charge in [-0.25, -0.2) is 0 Å². The summed E-state index contributed by atoms with van der Waals surface area (Å²) in [4.78, 5) is 12.3. The molecule has 1 aromatic carbocycles. The summed E-state index contributed by atoms with van der Waals surface area (Å²) in [7, 11) is 0. The second-order valence-electron chi connectivity index (χ2n) is 6.32. The lowest BCUT2D eigenvalue weighted by Crippen LogP contribution is -2.52. The Bertz CT molecular complexity index is 447. The molecule has 0 saturated heterocycles. The maximum absolute atomic E-state index is 12.3. The van der Waals surface area contributed by atoms with Crippen LogP contribution < -0.4 is 11.1 Å². The van der Waals surface area contributed by atoms with Crippen LogP contribution in [0, 0.1) is 0 Å². The fourth-order valence-corrected chi connectivity index (χ4v) is 3.00. The van der Waals surface area contributed by atoms with E-state index in [1.165, 1.54) is 31.2 Å². The highest BCUT2D eigenvalue weighted by Gasteiger charge is 2.35. The largest absolute Gasteiger partial charge is 0.324 e. The third-order valence-corrected chi connectivity index (χ3v) is 4.48. The predicted molar refractivity (Wildman–Crippen MR) is 88.3 cm³/mol. The van der Waals surface area contributed by atoms with Crippen LogP contribution >= 0.6 is 0 Å². The molecule has 1 aliphatic rings. The zero-order chi connectivity index (χ0) is 15.1. The summed E-state index contributed by atoms with van der Waals surface area (Å²) in [5, 5.41) is 2.98. The molecule has 116 valence electrons. The van der Waals surface area contributed by atoms with Crippen molar-refractivity contribution in [3.63, 3.8) is 0 Å². The van der Waals surface area contributed by atoms with E-state index < -0.39 is 5.54 Å². The number of benzene rings is 1. The van der Waals surface area contributed by atoms with Crippen molar-refractivity contribution in [2.24, 2.45) is 5.73 Å². The number of rotatable bonds is 6. The SMILES string of the molecule is CCCCCc1ccc(NC(=O)C2(N)CCCCC2)cc1. The van der Waals surface area contributed by atoms with Crippen LogP contribution in [-0.4, -0.2) is 11.4 Å². The van der Waals surface area contributed by atoms with Gasteiger partial charge in [-0.3, -0.25) is 4.79 Å². The molecule has 0 bridgehead atoms. The normalized spacial score (nSPS) is 17.4. The van der Waals surface area contributed by atoms with E-state index in [2.05, 4.69) is 24.4 Å². The van der Waals surface area contributed by atoms with Crippen molar-refractivity contribution in [1.29, 1.82) is 0 Å². The second kappa shape index (κ2) is 7.60. The van der Waals surface area contributed by atoms with Crippen molar-refractivity contribution >= 4 is 11.6 Å². The van der Waals surface area contributed by atoms with E-state index in [9.17, 15) is 4.79 Å². The first-order chi connectivity index (χ1) is 10.1. The van der Waals surface area contributed by atoms with Gasteiger partial charge >= 0.3 is 0 Å². The van der Waals surface area contributed by atoms with E-state index in [1.54, 1.807) is 0 Å². The number of unbranched alkanes of at least 4 members (excludes halogenated alkanes) is 2. The summed E-state index contributed by atoms with van der Waals surface area (Å²) in [6, 6.07) is 8.20. The molecule has 1 amide bonds. The van der Waals surface area contributed by atoms with Crippen LogP contribution in [-0.2, 0) is 11.2 Å². The molecule has 0 aromatic heterocycles. The summed E-state index contributed by atoms with van der Waals surface area (Å²) in [6.45, 7) is 2.21. The number of nitrogens with two attached hydrogens (primary N) is 1. The minimum atomic E-state index is -0.669. The fourth-order valence-electron chi connectivity index (χ4n) is 3.00.